The minimum absolute atomic E-state index is 0.0661. The number of hydrogen-bond donors (Lipinski definition) is 0. The molecule has 1 spiro atoms. The zero-order valence-electron chi connectivity index (χ0n) is 19.1. The molecule has 2 aromatic carbocycles. The van der Waals surface area contributed by atoms with Gasteiger partial charge >= 0.3 is 0 Å². The lowest BCUT2D eigenvalue weighted by Crippen LogP contribution is -2.39. The Hall–Kier alpha value is -2.33. The van der Waals surface area contributed by atoms with Gasteiger partial charge in [-0.2, -0.15) is 0 Å². The van der Waals surface area contributed by atoms with Gasteiger partial charge in [0, 0.05) is 23.6 Å². The summed E-state index contributed by atoms with van der Waals surface area (Å²) in [7, 11) is -3.57. The minimum atomic E-state index is -3.57. The van der Waals surface area contributed by atoms with Crippen molar-refractivity contribution in [2.24, 2.45) is 11.3 Å². The molecule has 2 aliphatic carbocycles. The summed E-state index contributed by atoms with van der Waals surface area (Å²) in [6, 6.07) is 14.0. The second-order valence-electron chi connectivity index (χ2n) is 10.1. The first-order chi connectivity index (χ1) is 14.6. The quantitative estimate of drug-likeness (QED) is 0.573. The minimum Gasteiger partial charge on any atom is -0.273 e. The molecule has 2 aromatic rings. The summed E-state index contributed by atoms with van der Waals surface area (Å²) in [5, 5.41) is 0. The topological polar surface area (TPSA) is 37.4 Å². The van der Waals surface area contributed by atoms with Gasteiger partial charge in [0.2, 0.25) is 0 Å². The lowest BCUT2D eigenvalue weighted by molar-refractivity contribution is 0.315. The van der Waals surface area contributed by atoms with Crippen LogP contribution in [0.15, 0.2) is 70.8 Å². The third-order valence-corrected chi connectivity index (χ3v) is 9.78. The summed E-state index contributed by atoms with van der Waals surface area (Å²) in [4.78, 5) is 0.370. The van der Waals surface area contributed by atoms with E-state index in [1.165, 1.54) is 27.8 Å². The maximum Gasteiger partial charge on any atom is 0.263 e. The van der Waals surface area contributed by atoms with Crippen LogP contribution < -0.4 is 0 Å². The number of rotatable bonds is 3. The summed E-state index contributed by atoms with van der Waals surface area (Å²) in [6.07, 6.45) is 6.07. The molecule has 0 bridgehead atoms. The Balaban J connectivity index is 1.62. The van der Waals surface area contributed by atoms with E-state index in [-0.39, 0.29) is 10.8 Å². The summed E-state index contributed by atoms with van der Waals surface area (Å²) < 4.78 is 28.6. The molecule has 1 fully saturated rings. The third-order valence-electron chi connectivity index (χ3n) is 8.05. The summed E-state index contributed by atoms with van der Waals surface area (Å²) >= 11 is 0. The smallest absolute Gasteiger partial charge is 0.263 e. The van der Waals surface area contributed by atoms with Gasteiger partial charge in [-0.1, -0.05) is 64.2 Å². The normalized spacial score (nSPS) is 29.6. The molecule has 0 saturated heterocycles. The Morgan fingerprint density at radius 3 is 2.16 bits per heavy atom. The predicted octanol–water partition coefficient (Wildman–Crippen LogP) is 5.81. The average Bonchev–Trinajstić information content (AvgIpc) is 3.29. The van der Waals surface area contributed by atoms with E-state index >= 15 is 0 Å². The van der Waals surface area contributed by atoms with Gasteiger partial charge in [0.15, 0.2) is 0 Å². The standard InChI is InChI=1S/C27H31NO2S/c1-18-6-8-24(9-7-18)31(29,30)28-11-10-27(23-13-19(2)12-20(3)14-23)25-15-21(4)22(5)16-26(25,27)17-28/h6-14,25H,15-17H2,1-5H3/t25-,26-,27-/m0/s1. The number of sulfonamides is 1. The van der Waals surface area contributed by atoms with E-state index in [1.807, 2.05) is 25.3 Å². The molecule has 0 amide bonds. The highest BCUT2D eigenvalue weighted by Gasteiger charge is 2.77. The fourth-order valence-electron chi connectivity index (χ4n) is 6.36. The molecule has 0 aromatic heterocycles. The summed E-state index contributed by atoms with van der Waals surface area (Å²) in [5.41, 5.74) is 7.69. The molecule has 31 heavy (non-hydrogen) atoms. The number of allylic oxidation sites excluding steroid dienone is 3. The van der Waals surface area contributed by atoms with Crippen molar-refractivity contribution in [3.63, 3.8) is 0 Å². The monoisotopic (exact) mass is 433 g/mol. The predicted molar refractivity (Wildman–Crippen MR) is 125 cm³/mol. The van der Waals surface area contributed by atoms with E-state index in [0.717, 1.165) is 18.4 Å². The molecule has 1 saturated carbocycles. The van der Waals surface area contributed by atoms with Gasteiger partial charge in [0.25, 0.3) is 10.0 Å². The first kappa shape index (κ1) is 20.6. The SMILES string of the molecule is CC1=C(C)C[C@@]23CN(S(=O)(=O)c4ccc(C)cc4)C=C[C@]2(c2cc(C)cc(C)c2)[C@H]3C1. The number of nitrogens with zero attached hydrogens (tertiary/aromatic N) is 1. The molecular weight excluding hydrogens is 402 g/mol. The highest BCUT2D eigenvalue weighted by Crippen LogP contribution is 2.78. The van der Waals surface area contributed by atoms with Crippen LogP contribution in [-0.2, 0) is 15.4 Å². The number of benzene rings is 2. The second kappa shape index (κ2) is 6.59. The highest BCUT2D eigenvalue weighted by molar-refractivity contribution is 7.89. The van der Waals surface area contributed by atoms with Crippen molar-refractivity contribution in [3.05, 3.63) is 88.1 Å². The fraction of sp³-hybridized carbons (Fsp3) is 0.407. The molecule has 0 radical (unpaired) electrons. The molecule has 5 rings (SSSR count). The molecule has 0 unspecified atom stereocenters. The first-order valence-electron chi connectivity index (χ1n) is 11.1. The maximum atomic E-state index is 13.5. The molecule has 0 N–H and O–H groups in total. The fourth-order valence-corrected chi connectivity index (χ4v) is 7.74. The van der Waals surface area contributed by atoms with Gasteiger partial charge in [-0.05, 0) is 71.1 Å². The van der Waals surface area contributed by atoms with E-state index in [2.05, 4.69) is 52.0 Å². The summed E-state index contributed by atoms with van der Waals surface area (Å²) in [6.45, 7) is 11.3. The van der Waals surface area contributed by atoms with Crippen molar-refractivity contribution in [2.75, 3.05) is 6.54 Å². The number of hydrogen-bond acceptors (Lipinski definition) is 2. The van der Waals surface area contributed by atoms with Gasteiger partial charge in [-0.25, -0.2) is 8.42 Å². The van der Waals surface area contributed by atoms with Crippen LogP contribution in [0.2, 0.25) is 0 Å². The van der Waals surface area contributed by atoms with Crippen molar-refractivity contribution in [3.8, 4) is 0 Å². The van der Waals surface area contributed by atoms with E-state index in [1.54, 1.807) is 16.4 Å². The van der Waals surface area contributed by atoms with E-state index in [9.17, 15) is 8.42 Å². The van der Waals surface area contributed by atoms with E-state index in [4.69, 9.17) is 0 Å². The van der Waals surface area contributed by atoms with Crippen LogP contribution in [0.25, 0.3) is 0 Å². The Morgan fingerprint density at radius 1 is 0.871 bits per heavy atom. The van der Waals surface area contributed by atoms with E-state index in [0.29, 0.717) is 17.4 Å². The number of aryl methyl sites for hydroxylation is 3. The van der Waals surface area contributed by atoms with Crippen LogP contribution >= 0.6 is 0 Å². The Kier molecular flexibility index (Phi) is 4.37. The van der Waals surface area contributed by atoms with Crippen molar-refractivity contribution in [1.82, 2.24) is 4.31 Å². The molecule has 3 atom stereocenters. The van der Waals surface area contributed by atoms with E-state index < -0.39 is 10.0 Å². The molecule has 1 heterocycles. The van der Waals surface area contributed by atoms with Gasteiger partial charge < -0.3 is 0 Å². The van der Waals surface area contributed by atoms with Crippen LogP contribution in [0.5, 0.6) is 0 Å². The lowest BCUT2D eigenvalue weighted by Gasteiger charge is -2.35. The maximum absolute atomic E-state index is 13.5. The van der Waals surface area contributed by atoms with Crippen LogP contribution in [0.3, 0.4) is 0 Å². The lowest BCUT2D eigenvalue weighted by atomic mass is 9.79. The van der Waals surface area contributed by atoms with Crippen molar-refractivity contribution in [1.29, 1.82) is 0 Å². The molecule has 3 aliphatic rings. The molecule has 162 valence electrons. The highest BCUT2D eigenvalue weighted by atomic mass is 32.2. The molecule has 1 aliphatic heterocycles. The second-order valence-corrected chi connectivity index (χ2v) is 12.0. The van der Waals surface area contributed by atoms with Crippen molar-refractivity contribution in [2.45, 2.75) is 57.8 Å². The molecule has 3 nitrogen and oxygen atoms in total. The van der Waals surface area contributed by atoms with Gasteiger partial charge in [0.1, 0.15) is 0 Å². The third kappa shape index (κ3) is 2.80. The summed E-state index contributed by atoms with van der Waals surface area (Å²) in [5.74, 6) is 0.444. The van der Waals surface area contributed by atoms with Crippen molar-refractivity contribution >= 4 is 10.0 Å². The number of fused-ring (bicyclic) bond motifs is 1. The Bertz CT molecular complexity index is 1220. The first-order valence-corrected chi connectivity index (χ1v) is 12.6. The Morgan fingerprint density at radius 2 is 1.52 bits per heavy atom. The van der Waals surface area contributed by atoms with Crippen LogP contribution in [0.1, 0.15) is 48.9 Å². The van der Waals surface area contributed by atoms with Crippen molar-refractivity contribution < 1.29 is 8.42 Å². The zero-order valence-corrected chi connectivity index (χ0v) is 19.9. The van der Waals surface area contributed by atoms with Gasteiger partial charge in [0.05, 0.1) is 4.90 Å². The van der Waals surface area contributed by atoms with Crippen LogP contribution in [0, 0.1) is 32.1 Å². The molecule has 4 heteroatoms. The van der Waals surface area contributed by atoms with Gasteiger partial charge in [-0.15, -0.1) is 0 Å². The van der Waals surface area contributed by atoms with Crippen LogP contribution in [0.4, 0.5) is 0 Å². The Labute approximate surface area is 186 Å². The average molecular weight is 434 g/mol. The van der Waals surface area contributed by atoms with Crippen LogP contribution in [-0.4, -0.2) is 19.3 Å². The molecular formula is C27H31NO2S. The zero-order chi connectivity index (χ0) is 22.2. The van der Waals surface area contributed by atoms with Gasteiger partial charge in [-0.3, -0.25) is 4.31 Å². The largest absolute Gasteiger partial charge is 0.273 e.